The van der Waals surface area contributed by atoms with Crippen LogP contribution in [0.3, 0.4) is 0 Å². The summed E-state index contributed by atoms with van der Waals surface area (Å²) in [4.78, 5) is 0. The van der Waals surface area contributed by atoms with E-state index in [1.807, 2.05) is 13.0 Å². The number of anilines is 1. The summed E-state index contributed by atoms with van der Waals surface area (Å²) in [5, 5.41) is 3.23. The molecule has 0 heterocycles. The van der Waals surface area contributed by atoms with Gasteiger partial charge in [-0.3, -0.25) is 0 Å². The Hall–Kier alpha value is -1.29. The minimum Gasteiger partial charge on any atom is -0.491 e. The molecule has 1 aliphatic carbocycles. The van der Waals surface area contributed by atoms with Crippen molar-refractivity contribution in [2.75, 3.05) is 25.0 Å². The second-order valence-electron chi connectivity index (χ2n) is 4.64. The SMILES string of the molecule is CCOc1ccc(NCC2(CN)CC2)cc1F. The van der Waals surface area contributed by atoms with Crippen molar-refractivity contribution in [1.82, 2.24) is 0 Å². The van der Waals surface area contributed by atoms with Crippen LogP contribution in [0.5, 0.6) is 5.75 Å². The first-order valence-corrected chi connectivity index (χ1v) is 6.05. The molecule has 0 amide bonds. The Morgan fingerprint density at radius 1 is 1.47 bits per heavy atom. The van der Waals surface area contributed by atoms with Gasteiger partial charge in [0.25, 0.3) is 0 Å². The second kappa shape index (κ2) is 4.92. The van der Waals surface area contributed by atoms with E-state index in [4.69, 9.17) is 10.5 Å². The van der Waals surface area contributed by atoms with Gasteiger partial charge in [0.05, 0.1) is 6.61 Å². The first-order chi connectivity index (χ1) is 8.19. The molecule has 0 atom stereocenters. The molecule has 0 unspecified atom stereocenters. The van der Waals surface area contributed by atoms with Crippen LogP contribution in [0.4, 0.5) is 10.1 Å². The summed E-state index contributed by atoms with van der Waals surface area (Å²) in [6.07, 6.45) is 2.33. The van der Waals surface area contributed by atoms with E-state index in [9.17, 15) is 4.39 Å². The summed E-state index contributed by atoms with van der Waals surface area (Å²) in [6, 6.07) is 4.96. The summed E-state index contributed by atoms with van der Waals surface area (Å²) in [7, 11) is 0. The first kappa shape index (κ1) is 12.2. The molecule has 1 aromatic rings. The molecule has 1 aliphatic rings. The van der Waals surface area contributed by atoms with Crippen LogP contribution in [0.25, 0.3) is 0 Å². The van der Waals surface area contributed by atoms with Gasteiger partial charge in [0.1, 0.15) is 0 Å². The molecule has 0 bridgehead atoms. The normalized spacial score (nSPS) is 16.6. The summed E-state index contributed by atoms with van der Waals surface area (Å²) < 4.78 is 18.7. The van der Waals surface area contributed by atoms with Crippen molar-refractivity contribution in [3.63, 3.8) is 0 Å². The van der Waals surface area contributed by atoms with E-state index >= 15 is 0 Å². The molecule has 0 radical (unpaired) electrons. The standard InChI is InChI=1S/C13H19FN2O/c1-2-17-12-4-3-10(7-11(12)14)16-9-13(8-15)5-6-13/h3-4,7,16H,2,5-6,8-9,15H2,1H3. The van der Waals surface area contributed by atoms with Crippen LogP contribution >= 0.6 is 0 Å². The minimum atomic E-state index is -0.325. The number of nitrogens with one attached hydrogen (secondary N) is 1. The Morgan fingerprint density at radius 3 is 2.76 bits per heavy atom. The molecule has 1 aromatic carbocycles. The highest BCUT2D eigenvalue weighted by atomic mass is 19.1. The third-order valence-corrected chi connectivity index (χ3v) is 3.29. The third kappa shape index (κ3) is 2.88. The molecule has 1 saturated carbocycles. The lowest BCUT2D eigenvalue weighted by Crippen LogP contribution is -2.24. The van der Waals surface area contributed by atoms with Gasteiger partial charge in [0.15, 0.2) is 11.6 Å². The third-order valence-electron chi connectivity index (χ3n) is 3.29. The van der Waals surface area contributed by atoms with Gasteiger partial charge >= 0.3 is 0 Å². The number of nitrogens with two attached hydrogens (primary N) is 1. The van der Waals surface area contributed by atoms with Crippen LogP contribution < -0.4 is 15.8 Å². The lowest BCUT2D eigenvalue weighted by atomic mass is 10.1. The monoisotopic (exact) mass is 238 g/mol. The fraction of sp³-hybridized carbons (Fsp3) is 0.538. The van der Waals surface area contributed by atoms with Gasteiger partial charge < -0.3 is 15.8 Å². The fourth-order valence-electron chi connectivity index (χ4n) is 1.80. The zero-order valence-corrected chi connectivity index (χ0v) is 10.1. The molecular weight excluding hydrogens is 219 g/mol. The van der Waals surface area contributed by atoms with E-state index in [1.165, 1.54) is 6.07 Å². The van der Waals surface area contributed by atoms with Crippen molar-refractivity contribution in [3.05, 3.63) is 24.0 Å². The maximum atomic E-state index is 13.6. The van der Waals surface area contributed by atoms with Gasteiger partial charge in [-0.05, 0) is 43.9 Å². The molecule has 4 heteroatoms. The lowest BCUT2D eigenvalue weighted by molar-refractivity contribution is 0.321. The van der Waals surface area contributed by atoms with E-state index in [0.29, 0.717) is 18.9 Å². The molecular formula is C13H19FN2O. The van der Waals surface area contributed by atoms with E-state index in [0.717, 1.165) is 25.1 Å². The van der Waals surface area contributed by atoms with Crippen molar-refractivity contribution >= 4 is 5.69 Å². The molecule has 0 saturated heterocycles. The van der Waals surface area contributed by atoms with Crippen molar-refractivity contribution in [2.45, 2.75) is 19.8 Å². The van der Waals surface area contributed by atoms with E-state index < -0.39 is 0 Å². The summed E-state index contributed by atoms with van der Waals surface area (Å²) >= 11 is 0. The van der Waals surface area contributed by atoms with Crippen LogP contribution in [0.2, 0.25) is 0 Å². The molecule has 0 aliphatic heterocycles. The minimum absolute atomic E-state index is 0.245. The first-order valence-electron chi connectivity index (χ1n) is 6.05. The molecule has 1 fully saturated rings. The van der Waals surface area contributed by atoms with Crippen LogP contribution in [0.15, 0.2) is 18.2 Å². The van der Waals surface area contributed by atoms with Crippen molar-refractivity contribution in [3.8, 4) is 5.75 Å². The van der Waals surface area contributed by atoms with Crippen LogP contribution in [-0.2, 0) is 0 Å². The predicted molar refractivity (Wildman–Crippen MR) is 66.8 cm³/mol. The zero-order chi connectivity index (χ0) is 12.3. The zero-order valence-electron chi connectivity index (χ0n) is 10.1. The van der Waals surface area contributed by atoms with Gasteiger partial charge in [0, 0.05) is 18.3 Å². The number of benzene rings is 1. The number of ether oxygens (including phenoxy) is 1. The van der Waals surface area contributed by atoms with Gasteiger partial charge in [-0.1, -0.05) is 0 Å². The van der Waals surface area contributed by atoms with E-state index in [-0.39, 0.29) is 11.2 Å². The van der Waals surface area contributed by atoms with E-state index in [2.05, 4.69) is 5.32 Å². The van der Waals surface area contributed by atoms with Crippen molar-refractivity contribution in [1.29, 1.82) is 0 Å². The Labute approximate surface area is 101 Å². The average Bonchev–Trinajstić information content (AvgIpc) is 3.11. The van der Waals surface area contributed by atoms with Gasteiger partial charge in [-0.15, -0.1) is 0 Å². The van der Waals surface area contributed by atoms with Crippen LogP contribution in [0, 0.1) is 11.2 Å². The van der Waals surface area contributed by atoms with E-state index in [1.54, 1.807) is 6.07 Å². The Bertz CT molecular complexity index is 391. The molecule has 0 spiro atoms. The number of halogens is 1. The van der Waals surface area contributed by atoms with Crippen molar-refractivity contribution in [2.24, 2.45) is 11.1 Å². The highest BCUT2D eigenvalue weighted by Gasteiger charge is 2.40. The predicted octanol–water partition coefficient (Wildman–Crippen LogP) is 2.38. The maximum Gasteiger partial charge on any atom is 0.167 e. The highest BCUT2D eigenvalue weighted by molar-refractivity contribution is 5.47. The summed E-state index contributed by atoms with van der Waals surface area (Å²) in [5.41, 5.74) is 6.72. The topological polar surface area (TPSA) is 47.3 Å². The Kier molecular flexibility index (Phi) is 3.52. The smallest absolute Gasteiger partial charge is 0.167 e. The maximum absolute atomic E-state index is 13.6. The quantitative estimate of drug-likeness (QED) is 0.800. The molecule has 3 nitrogen and oxygen atoms in total. The number of hydrogen-bond donors (Lipinski definition) is 2. The Morgan fingerprint density at radius 2 is 2.24 bits per heavy atom. The van der Waals surface area contributed by atoms with Gasteiger partial charge in [-0.25, -0.2) is 4.39 Å². The largest absolute Gasteiger partial charge is 0.491 e. The van der Waals surface area contributed by atoms with Crippen molar-refractivity contribution < 1.29 is 9.13 Å². The fourth-order valence-corrected chi connectivity index (χ4v) is 1.80. The van der Waals surface area contributed by atoms with Gasteiger partial charge in [0.2, 0.25) is 0 Å². The van der Waals surface area contributed by atoms with Gasteiger partial charge in [-0.2, -0.15) is 0 Å². The highest BCUT2D eigenvalue weighted by Crippen LogP contribution is 2.44. The summed E-state index contributed by atoms with van der Waals surface area (Å²) in [6.45, 7) is 3.82. The second-order valence-corrected chi connectivity index (χ2v) is 4.64. The molecule has 94 valence electrons. The average molecular weight is 238 g/mol. The molecule has 2 rings (SSSR count). The van der Waals surface area contributed by atoms with Crippen LogP contribution in [-0.4, -0.2) is 19.7 Å². The molecule has 0 aromatic heterocycles. The summed E-state index contributed by atoms with van der Waals surface area (Å²) in [5.74, 6) is -0.0209. The lowest BCUT2D eigenvalue weighted by Gasteiger charge is -2.15. The number of hydrogen-bond acceptors (Lipinski definition) is 3. The Balaban J connectivity index is 1.95. The molecule has 17 heavy (non-hydrogen) atoms. The molecule has 3 N–H and O–H groups in total. The van der Waals surface area contributed by atoms with Crippen LogP contribution in [0.1, 0.15) is 19.8 Å². The number of rotatable bonds is 6.